The molecule has 1 aromatic rings. The van der Waals surface area contributed by atoms with E-state index in [1.807, 2.05) is 44.7 Å². The van der Waals surface area contributed by atoms with Crippen molar-refractivity contribution in [1.82, 2.24) is 10.2 Å². The summed E-state index contributed by atoms with van der Waals surface area (Å²) in [7, 11) is 0. The largest absolute Gasteiger partial charge is 0.334 e. The molecule has 27 heavy (non-hydrogen) atoms. The Morgan fingerprint density at radius 2 is 1.96 bits per heavy atom. The zero-order valence-electron chi connectivity index (χ0n) is 17.0. The van der Waals surface area contributed by atoms with Crippen LogP contribution in [0.5, 0.6) is 0 Å². The third-order valence-electron chi connectivity index (χ3n) is 4.73. The number of anilines is 1. The van der Waals surface area contributed by atoms with Gasteiger partial charge in [-0.3, -0.25) is 4.79 Å². The van der Waals surface area contributed by atoms with Crippen LogP contribution in [-0.2, 0) is 0 Å². The van der Waals surface area contributed by atoms with Gasteiger partial charge >= 0.3 is 6.03 Å². The minimum atomic E-state index is -0.329. The van der Waals surface area contributed by atoms with E-state index in [-0.39, 0.29) is 35.9 Å². The van der Waals surface area contributed by atoms with Gasteiger partial charge in [-0.05, 0) is 64.2 Å². The minimum absolute atomic E-state index is 0. The minimum Gasteiger partial charge on any atom is -0.334 e. The lowest BCUT2D eigenvalue weighted by molar-refractivity contribution is 0.0573. The van der Waals surface area contributed by atoms with Crippen LogP contribution in [0, 0.1) is 12.8 Å². The number of halogens is 1. The Labute approximate surface area is 168 Å². The SMILES string of the molecule is Cc1ccc(C(=O)N2CCC(C)CC2CN)cc1NC(=O)NC(C)(C)C.Cl. The van der Waals surface area contributed by atoms with Crippen molar-refractivity contribution in [3.05, 3.63) is 29.3 Å². The number of hydrogen-bond acceptors (Lipinski definition) is 3. The first-order chi connectivity index (χ1) is 12.1. The normalized spacial score (nSPS) is 19.9. The van der Waals surface area contributed by atoms with E-state index in [9.17, 15) is 9.59 Å². The molecule has 2 unspecified atom stereocenters. The smallest absolute Gasteiger partial charge is 0.319 e. The highest BCUT2D eigenvalue weighted by molar-refractivity contribution is 5.97. The van der Waals surface area contributed by atoms with E-state index >= 15 is 0 Å². The predicted octanol–water partition coefficient (Wildman–Crippen LogP) is 3.54. The molecule has 2 rings (SSSR count). The van der Waals surface area contributed by atoms with E-state index in [0.717, 1.165) is 24.9 Å². The summed E-state index contributed by atoms with van der Waals surface area (Å²) in [6.45, 7) is 11.1. The van der Waals surface area contributed by atoms with Gasteiger partial charge < -0.3 is 21.3 Å². The molecule has 3 amide bonds. The molecule has 1 aliphatic rings. The van der Waals surface area contributed by atoms with Crippen molar-refractivity contribution < 1.29 is 9.59 Å². The zero-order valence-corrected chi connectivity index (χ0v) is 17.8. The molecule has 152 valence electrons. The molecule has 0 aromatic heterocycles. The van der Waals surface area contributed by atoms with Crippen molar-refractivity contribution >= 4 is 30.0 Å². The summed E-state index contributed by atoms with van der Waals surface area (Å²) < 4.78 is 0. The molecular formula is C20H33ClN4O2. The standard InChI is InChI=1S/C20H32N4O2.ClH/c1-13-8-9-24(16(10-13)12-21)18(25)15-7-6-14(2)17(11-15)22-19(26)23-20(3,4)5;/h6-7,11,13,16H,8-10,12,21H2,1-5H3,(H2,22,23,26);1H. The van der Waals surface area contributed by atoms with Gasteiger partial charge in [0.1, 0.15) is 0 Å². The van der Waals surface area contributed by atoms with Crippen LogP contribution in [0.1, 0.15) is 56.5 Å². The Kier molecular flexibility index (Phi) is 8.11. The van der Waals surface area contributed by atoms with Gasteiger partial charge in [-0.15, -0.1) is 12.4 Å². The number of amides is 3. The van der Waals surface area contributed by atoms with E-state index in [2.05, 4.69) is 17.6 Å². The maximum Gasteiger partial charge on any atom is 0.319 e. The molecule has 0 bridgehead atoms. The average Bonchev–Trinajstić information content (AvgIpc) is 2.54. The first-order valence-corrected chi connectivity index (χ1v) is 9.31. The van der Waals surface area contributed by atoms with E-state index < -0.39 is 0 Å². The topological polar surface area (TPSA) is 87.5 Å². The number of nitrogens with zero attached hydrogens (tertiary/aromatic N) is 1. The van der Waals surface area contributed by atoms with Crippen molar-refractivity contribution in [3.8, 4) is 0 Å². The zero-order chi connectivity index (χ0) is 19.5. The first kappa shape index (κ1) is 23.2. The van der Waals surface area contributed by atoms with Gasteiger partial charge in [-0.2, -0.15) is 0 Å². The number of benzene rings is 1. The molecule has 1 saturated heterocycles. The molecule has 4 N–H and O–H groups in total. The summed E-state index contributed by atoms with van der Waals surface area (Å²) in [6, 6.07) is 5.23. The summed E-state index contributed by atoms with van der Waals surface area (Å²) >= 11 is 0. The molecule has 0 saturated carbocycles. The number of nitrogens with one attached hydrogen (secondary N) is 2. The molecule has 7 heteroatoms. The lowest BCUT2D eigenvalue weighted by atomic mass is 9.91. The van der Waals surface area contributed by atoms with Crippen molar-refractivity contribution in [2.75, 3.05) is 18.4 Å². The van der Waals surface area contributed by atoms with Gasteiger partial charge in [0.15, 0.2) is 0 Å². The Hall–Kier alpha value is -1.79. The van der Waals surface area contributed by atoms with Crippen LogP contribution in [-0.4, -0.2) is 41.5 Å². The van der Waals surface area contributed by atoms with Crippen LogP contribution >= 0.6 is 12.4 Å². The number of nitrogens with two attached hydrogens (primary N) is 1. The van der Waals surface area contributed by atoms with Gasteiger partial charge in [0.2, 0.25) is 0 Å². The highest BCUT2D eigenvalue weighted by atomic mass is 35.5. The molecule has 1 aliphatic heterocycles. The van der Waals surface area contributed by atoms with Crippen LogP contribution in [0.4, 0.5) is 10.5 Å². The van der Waals surface area contributed by atoms with Gasteiger partial charge in [0, 0.05) is 35.9 Å². The first-order valence-electron chi connectivity index (χ1n) is 9.31. The maximum absolute atomic E-state index is 13.0. The van der Waals surface area contributed by atoms with Crippen LogP contribution in [0.15, 0.2) is 18.2 Å². The Bertz CT molecular complexity index is 672. The molecule has 0 aliphatic carbocycles. The summed E-state index contributed by atoms with van der Waals surface area (Å²) in [6.07, 6.45) is 1.93. The quantitative estimate of drug-likeness (QED) is 0.730. The molecule has 2 atom stereocenters. The summed E-state index contributed by atoms with van der Waals surface area (Å²) in [5.41, 5.74) is 7.70. The lowest BCUT2D eigenvalue weighted by Gasteiger charge is -2.38. The number of likely N-dealkylation sites (tertiary alicyclic amines) is 1. The number of urea groups is 1. The van der Waals surface area contributed by atoms with E-state index in [0.29, 0.717) is 23.7 Å². The number of hydrogen-bond donors (Lipinski definition) is 3. The Morgan fingerprint density at radius 3 is 2.56 bits per heavy atom. The van der Waals surface area contributed by atoms with Gasteiger partial charge in [-0.25, -0.2) is 4.79 Å². The highest BCUT2D eigenvalue weighted by Crippen LogP contribution is 2.25. The fourth-order valence-corrected chi connectivity index (χ4v) is 3.29. The predicted molar refractivity (Wildman–Crippen MR) is 113 cm³/mol. The number of carbonyl (C=O) groups is 2. The van der Waals surface area contributed by atoms with Crippen molar-refractivity contribution in [2.24, 2.45) is 11.7 Å². The monoisotopic (exact) mass is 396 g/mol. The average molecular weight is 397 g/mol. The number of aryl methyl sites for hydroxylation is 1. The van der Waals surface area contributed by atoms with Crippen LogP contribution in [0.25, 0.3) is 0 Å². The molecule has 1 heterocycles. The molecule has 1 fully saturated rings. The molecular weight excluding hydrogens is 364 g/mol. The highest BCUT2D eigenvalue weighted by Gasteiger charge is 2.29. The fraction of sp³-hybridized carbons (Fsp3) is 0.600. The molecule has 0 spiro atoms. The second-order valence-corrected chi connectivity index (χ2v) is 8.38. The lowest BCUT2D eigenvalue weighted by Crippen LogP contribution is -2.49. The van der Waals surface area contributed by atoms with E-state index in [1.54, 1.807) is 6.07 Å². The third kappa shape index (κ3) is 6.40. The third-order valence-corrected chi connectivity index (χ3v) is 4.73. The van der Waals surface area contributed by atoms with E-state index in [1.165, 1.54) is 0 Å². The maximum atomic E-state index is 13.0. The van der Waals surface area contributed by atoms with Gasteiger partial charge in [0.25, 0.3) is 5.91 Å². The molecule has 0 radical (unpaired) electrons. The van der Waals surface area contributed by atoms with Crippen molar-refractivity contribution in [2.45, 2.75) is 59.0 Å². The van der Waals surface area contributed by atoms with Crippen LogP contribution in [0.3, 0.4) is 0 Å². The van der Waals surface area contributed by atoms with Crippen LogP contribution < -0.4 is 16.4 Å². The second kappa shape index (κ2) is 9.42. The summed E-state index contributed by atoms with van der Waals surface area (Å²) in [4.78, 5) is 27.0. The van der Waals surface area contributed by atoms with Gasteiger partial charge in [-0.1, -0.05) is 13.0 Å². The van der Waals surface area contributed by atoms with E-state index in [4.69, 9.17) is 5.73 Å². The Morgan fingerprint density at radius 1 is 1.30 bits per heavy atom. The van der Waals surface area contributed by atoms with Crippen LogP contribution in [0.2, 0.25) is 0 Å². The fourth-order valence-electron chi connectivity index (χ4n) is 3.29. The molecule has 1 aromatic carbocycles. The van der Waals surface area contributed by atoms with Gasteiger partial charge in [0.05, 0.1) is 0 Å². The summed E-state index contributed by atoms with van der Waals surface area (Å²) in [5, 5.41) is 5.72. The van der Waals surface area contributed by atoms with Crippen molar-refractivity contribution in [3.63, 3.8) is 0 Å². The molecule has 6 nitrogen and oxygen atoms in total. The summed E-state index contributed by atoms with van der Waals surface area (Å²) in [5.74, 6) is 0.565. The van der Waals surface area contributed by atoms with Crippen molar-refractivity contribution in [1.29, 1.82) is 0 Å². The second-order valence-electron chi connectivity index (χ2n) is 8.38. The Balaban J connectivity index is 0.00000364. The number of carbonyl (C=O) groups excluding carboxylic acids is 2. The number of rotatable bonds is 3. The number of piperidine rings is 1.